The van der Waals surface area contributed by atoms with E-state index in [4.69, 9.17) is 0 Å². The number of hydrogen-bond acceptors (Lipinski definition) is 4. The molecule has 35 heavy (non-hydrogen) atoms. The molecule has 5 heteroatoms. The van der Waals surface area contributed by atoms with Crippen LogP contribution in [0.3, 0.4) is 0 Å². The summed E-state index contributed by atoms with van der Waals surface area (Å²) in [5, 5.41) is 44.3. The van der Waals surface area contributed by atoms with Gasteiger partial charge in [0, 0.05) is 5.92 Å². The third-order valence-corrected chi connectivity index (χ3v) is 13.4. The Morgan fingerprint density at radius 2 is 1.60 bits per heavy atom. The molecule has 0 aromatic heterocycles. The van der Waals surface area contributed by atoms with Gasteiger partial charge in [0.15, 0.2) is 0 Å². The Hall–Kier alpha value is -0.910. The van der Waals surface area contributed by atoms with E-state index in [1.54, 1.807) is 0 Å². The van der Waals surface area contributed by atoms with Gasteiger partial charge in [-0.25, -0.2) is 0 Å². The molecule has 5 rings (SSSR count). The highest BCUT2D eigenvalue weighted by molar-refractivity contribution is 5.77. The molecule has 4 N–H and O–H groups in total. The molecule has 0 radical (unpaired) electrons. The topological polar surface area (TPSA) is 98.0 Å². The van der Waals surface area contributed by atoms with Gasteiger partial charge in [-0.05, 0) is 97.7 Å². The number of aliphatic hydroxyl groups excluding tert-OH is 2. The van der Waals surface area contributed by atoms with E-state index in [0.29, 0.717) is 31.1 Å². The highest BCUT2D eigenvalue weighted by Crippen LogP contribution is 2.76. The molecule has 0 saturated heterocycles. The first-order valence-corrected chi connectivity index (χ1v) is 14.0. The largest absolute Gasteiger partial charge is 0.481 e. The lowest BCUT2D eigenvalue weighted by Gasteiger charge is -2.72. The van der Waals surface area contributed by atoms with Crippen molar-refractivity contribution in [3.63, 3.8) is 0 Å². The van der Waals surface area contributed by atoms with Gasteiger partial charge in [0.05, 0.1) is 23.2 Å². The van der Waals surface area contributed by atoms with Crippen molar-refractivity contribution in [2.24, 2.45) is 50.7 Å². The molecule has 0 heterocycles. The second-order valence-corrected chi connectivity index (χ2v) is 14.9. The van der Waals surface area contributed by atoms with Crippen LogP contribution < -0.4 is 0 Å². The van der Waals surface area contributed by atoms with Gasteiger partial charge >= 0.3 is 5.97 Å². The smallest absolute Gasteiger partial charge is 0.310 e. The molecule has 11 atom stereocenters. The van der Waals surface area contributed by atoms with E-state index in [2.05, 4.69) is 47.6 Å². The number of carboxylic acids is 1. The van der Waals surface area contributed by atoms with Crippen molar-refractivity contribution in [3.05, 3.63) is 11.6 Å². The maximum absolute atomic E-state index is 12.8. The van der Waals surface area contributed by atoms with Crippen LogP contribution in [-0.2, 0) is 4.79 Å². The minimum Gasteiger partial charge on any atom is -0.481 e. The molecular formula is C30H48O5. The second kappa shape index (κ2) is 7.35. The zero-order valence-corrected chi connectivity index (χ0v) is 22.9. The average molecular weight is 489 g/mol. The summed E-state index contributed by atoms with van der Waals surface area (Å²) in [4.78, 5) is 12.8. The van der Waals surface area contributed by atoms with Crippen molar-refractivity contribution < 1.29 is 25.2 Å². The molecule has 0 aromatic rings. The summed E-state index contributed by atoms with van der Waals surface area (Å²) in [7, 11) is 0. The van der Waals surface area contributed by atoms with Gasteiger partial charge in [-0.1, -0.05) is 53.2 Å². The third-order valence-electron chi connectivity index (χ3n) is 13.4. The molecule has 5 nitrogen and oxygen atoms in total. The maximum Gasteiger partial charge on any atom is 0.310 e. The number of hydrogen-bond donors (Lipinski definition) is 4. The summed E-state index contributed by atoms with van der Waals surface area (Å²) >= 11 is 0. The first-order chi connectivity index (χ1) is 16.0. The Morgan fingerprint density at radius 3 is 2.23 bits per heavy atom. The molecule has 4 saturated carbocycles. The summed E-state index contributed by atoms with van der Waals surface area (Å²) in [6, 6.07) is 0. The van der Waals surface area contributed by atoms with E-state index in [9.17, 15) is 25.2 Å². The SMILES string of the molecule is C[C@@H]1CC[C@]2(C(=O)O)CC[C@]3(C)C(=CC[C@H]4[C@@]5(C)C[C@@H](O)[C@@H](O)C(C)(C)[C@@H]5CC[C@]43C)[C@@H]2[C@]1(C)O. The number of fused-ring (bicyclic) bond motifs is 7. The third kappa shape index (κ3) is 2.90. The molecule has 5 aliphatic rings. The lowest BCUT2D eigenvalue weighted by Crippen LogP contribution is -2.68. The van der Waals surface area contributed by atoms with Gasteiger partial charge in [-0.3, -0.25) is 4.79 Å². The van der Waals surface area contributed by atoms with Crippen LogP contribution in [0.25, 0.3) is 0 Å². The van der Waals surface area contributed by atoms with E-state index in [-0.39, 0.29) is 33.5 Å². The van der Waals surface area contributed by atoms with E-state index >= 15 is 0 Å². The predicted molar refractivity (Wildman–Crippen MR) is 135 cm³/mol. The van der Waals surface area contributed by atoms with Crippen molar-refractivity contribution in [1.29, 1.82) is 0 Å². The number of rotatable bonds is 1. The monoisotopic (exact) mass is 488 g/mol. The highest BCUT2D eigenvalue weighted by atomic mass is 16.4. The fourth-order valence-electron chi connectivity index (χ4n) is 11.0. The Labute approximate surface area is 211 Å². The van der Waals surface area contributed by atoms with Crippen LogP contribution in [0.1, 0.15) is 99.8 Å². The summed E-state index contributed by atoms with van der Waals surface area (Å²) in [6.07, 6.45) is 7.21. The molecule has 0 unspecified atom stereocenters. The van der Waals surface area contributed by atoms with Gasteiger partial charge in [-0.2, -0.15) is 0 Å². The maximum atomic E-state index is 12.8. The van der Waals surface area contributed by atoms with Crippen LogP contribution in [0.4, 0.5) is 0 Å². The Kier molecular flexibility index (Phi) is 5.40. The Balaban J connectivity index is 1.65. The van der Waals surface area contributed by atoms with Gasteiger partial charge < -0.3 is 20.4 Å². The number of carboxylic acid groups (broad SMARTS) is 1. The highest BCUT2D eigenvalue weighted by Gasteiger charge is 2.71. The Morgan fingerprint density at radius 1 is 0.943 bits per heavy atom. The molecule has 5 aliphatic carbocycles. The van der Waals surface area contributed by atoms with Crippen molar-refractivity contribution in [2.45, 2.75) is 118 Å². The molecule has 0 bridgehead atoms. The summed E-state index contributed by atoms with van der Waals surface area (Å²) in [6.45, 7) is 15.3. The van der Waals surface area contributed by atoms with Gasteiger partial charge in [0.2, 0.25) is 0 Å². The predicted octanol–water partition coefficient (Wildman–Crippen LogP) is 5.18. The van der Waals surface area contributed by atoms with Crippen molar-refractivity contribution in [1.82, 2.24) is 0 Å². The van der Waals surface area contributed by atoms with Crippen molar-refractivity contribution in [2.75, 3.05) is 0 Å². The van der Waals surface area contributed by atoms with Crippen LogP contribution in [0.15, 0.2) is 11.6 Å². The fourth-order valence-corrected chi connectivity index (χ4v) is 11.0. The molecule has 0 spiro atoms. The minimum absolute atomic E-state index is 0.0535. The van der Waals surface area contributed by atoms with E-state index < -0.39 is 29.2 Å². The Bertz CT molecular complexity index is 952. The van der Waals surface area contributed by atoms with Crippen LogP contribution in [-0.4, -0.2) is 44.2 Å². The first-order valence-electron chi connectivity index (χ1n) is 14.0. The van der Waals surface area contributed by atoms with Crippen LogP contribution in [0.2, 0.25) is 0 Å². The van der Waals surface area contributed by atoms with Crippen LogP contribution >= 0.6 is 0 Å². The van der Waals surface area contributed by atoms with Gasteiger partial charge in [-0.15, -0.1) is 0 Å². The lowest BCUT2D eigenvalue weighted by atomic mass is 9.33. The number of carbonyl (C=O) groups is 1. The molecule has 0 aromatic carbocycles. The minimum atomic E-state index is -1.05. The first kappa shape index (κ1) is 25.7. The lowest BCUT2D eigenvalue weighted by molar-refractivity contribution is -0.237. The van der Waals surface area contributed by atoms with Crippen LogP contribution in [0.5, 0.6) is 0 Å². The van der Waals surface area contributed by atoms with Crippen molar-refractivity contribution >= 4 is 5.97 Å². The normalized spacial score (nSPS) is 57.1. The molecule has 0 aliphatic heterocycles. The number of aliphatic carboxylic acids is 1. The number of allylic oxidation sites excluding steroid dienone is 1. The van der Waals surface area contributed by atoms with Gasteiger partial charge in [0.25, 0.3) is 0 Å². The summed E-state index contributed by atoms with van der Waals surface area (Å²) < 4.78 is 0. The average Bonchev–Trinajstić information content (AvgIpc) is 2.75. The molecule has 198 valence electrons. The quantitative estimate of drug-likeness (QED) is 0.382. The summed E-state index contributed by atoms with van der Waals surface area (Å²) in [5.41, 5.74) is -1.46. The molecule has 0 amide bonds. The second-order valence-electron chi connectivity index (χ2n) is 14.9. The van der Waals surface area contributed by atoms with Gasteiger partial charge in [0.1, 0.15) is 0 Å². The standard InChI is InChI=1S/C30H48O5/c1-17-10-13-30(24(33)34)15-14-27(5)18(22(30)29(17,7)35)8-9-21-26(4)16-19(31)23(32)25(2,3)20(26)11-12-28(21,27)6/h8,17,19-23,31-32,35H,9-16H2,1-7H3,(H,33,34)/t17-,19-,20+,21+,22-,23-,26+,27-,28-,29-,30+/m1/s1. The summed E-state index contributed by atoms with van der Waals surface area (Å²) in [5.74, 6) is -0.394. The zero-order chi connectivity index (χ0) is 26.0. The number of aliphatic hydroxyl groups is 3. The molecular weight excluding hydrogens is 440 g/mol. The van der Waals surface area contributed by atoms with E-state index in [0.717, 1.165) is 32.1 Å². The van der Waals surface area contributed by atoms with Crippen LogP contribution in [0, 0.1) is 50.7 Å². The molecule has 4 fully saturated rings. The van der Waals surface area contributed by atoms with E-state index in [1.165, 1.54) is 5.57 Å². The fraction of sp³-hybridized carbons (Fsp3) is 0.900. The zero-order valence-electron chi connectivity index (χ0n) is 22.9. The van der Waals surface area contributed by atoms with E-state index in [1.807, 2.05) is 6.92 Å². The van der Waals surface area contributed by atoms with Crippen molar-refractivity contribution in [3.8, 4) is 0 Å².